The largest absolute Gasteiger partial charge is 0.491 e. The van der Waals surface area contributed by atoms with Crippen LogP contribution in [0.5, 0.6) is 5.75 Å². The molecule has 1 aliphatic rings. The second-order valence-corrected chi connectivity index (χ2v) is 4.28. The topological polar surface area (TPSA) is 44.5 Å². The molecule has 1 aromatic rings. The maximum absolute atomic E-state index is 13.3. The molecule has 94 valence electrons. The van der Waals surface area contributed by atoms with Crippen molar-refractivity contribution < 1.29 is 13.9 Å². The van der Waals surface area contributed by atoms with E-state index >= 15 is 0 Å². The van der Waals surface area contributed by atoms with E-state index in [4.69, 9.17) is 15.2 Å². The van der Waals surface area contributed by atoms with E-state index in [-0.39, 0.29) is 11.9 Å². The Bertz CT molecular complexity index is 364. The summed E-state index contributed by atoms with van der Waals surface area (Å²) < 4.78 is 24.3. The first-order chi connectivity index (χ1) is 8.28. The Hall–Kier alpha value is -1.13. The number of benzene rings is 1. The minimum absolute atomic E-state index is 0.149. The minimum Gasteiger partial charge on any atom is -0.491 e. The second kappa shape index (κ2) is 5.98. The van der Waals surface area contributed by atoms with Crippen molar-refractivity contribution in [3.63, 3.8) is 0 Å². The quantitative estimate of drug-likeness (QED) is 0.853. The third-order valence-corrected chi connectivity index (χ3v) is 2.82. The Morgan fingerprint density at radius 3 is 3.00 bits per heavy atom. The molecular weight excluding hydrogens is 221 g/mol. The fourth-order valence-electron chi connectivity index (χ4n) is 1.98. The molecule has 1 aliphatic heterocycles. The van der Waals surface area contributed by atoms with Crippen LogP contribution in [0.2, 0.25) is 0 Å². The molecule has 4 heteroatoms. The van der Waals surface area contributed by atoms with Crippen molar-refractivity contribution in [3.8, 4) is 5.75 Å². The van der Waals surface area contributed by atoms with Gasteiger partial charge in [-0.1, -0.05) is 0 Å². The van der Waals surface area contributed by atoms with Gasteiger partial charge in [0.15, 0.2) is 0 Å². The molecular formula is C13H18FNO2. The van der Waals surface area contributed by atoms with Crippen molar-refractivity contribution in [2.24, 2.45) is 5.73 Å². The lowest BCUT2D eigenvalue weighted by Gasteiger charge is -2.12. The Morgan fingerprint density at radius 2 is 2.29 bits per heavy atom. The van der Waals surface area contributed by atoms with Crippen molar-refractivity contribution in [1.82, 2.24) is 0 Å². The van der Waals surface area contributed by atoms with Crippen LogP contribution in [0, 0.1) is 5.82 Å². The molecule has 1 fully saturated rings. The number of hydrogen-bond donors (Lipinski definition) is 1. The molecule has 17 heavy (non-hydrogen) atoms. The Kier molecular flexibility index (Phi) is 4.34. The van der Waals surface area contributed by atoms with Crippen LogP contribution in [0.4, 0.5) is 4.39 Å². The summed E-state index contributed by atoms with van der Waals surface area (Å²) in [6, 6.07) is 4.73. The third kappa shape index (κ3) is 3.68. The molecule has 0 aliphatic carbocycles. The maximum atomic E-state index is 13.3. The molecule has 3 nitrogen and oxygen atoms in total. The monoisotopic (exact) mass is 239 g/mol. The van der Waals surface area contributed by atoms with Gasteiger partial charge < -0.3 is 15.2 Å². The van der Waals surface area contributed by atoms with E-state index in [0.717, 1.165) is 25.0 Å². The zero-order valence-electron chi connectivity index (χ0n) is 9.82. The molecule has 1 unspecified atom stereocenters. The summed E-state index contributed by atoms with van der Waals surface area (Å²) in [6.07, 6.45) is 2.91. The first-order valence-electron chi connectivity index (χ1n) is 6.02. The second-order valence-electron chi connectivity index (χ2n) is 4.28. The number of nitrogens with two attached hydrogens (primary N) is 1. The molecule has 0 saturated carbocycles. The Labute approximate surface area is 101 Å². The minimum atomic E-state index is -0.279. The van der Waals surface area contributed by atoms with E-state index < -0.39 is 0 Å². The Balaban J connectivity index is 1.94. The molecule has 1 saturated heterocycles. The van der Waals surface area contributed by atoms with Gasteiger partial charge in [-0.3, -0.25) is 0 Å². The molecule has 1 aromatic carbocycles. The summed E-state index contributed by atoms with van der Waals surface area (Å²) in [6.45, 7) is 1.80. The van der Waals surface area contributed by atoms with Gasteiger partial charge in [0, 0.05) is 12.7 Å². The van der Waals surface area contributed by atoms with E-state index in [1.54, 1.807) is 0 Å². The van der Waals surface area contributed by atoms with E-state index in [0.29, 0.717) is 25.3 Å². The summed E-state index contributed by atoms with van der Waals surface area (Å²) >= 11 is 0. The van der Waals surface area contributed by atoms with Crippen LogP contribution in [0.15, 0.2) is 18.2 Å². The van der Waals surface area contributed by atoms with Gasteiger partial charge in [-0.15, -0.1) is 0 Å². The van der Waals surface area contributed by atoms with Crippen LogP contribution in [-0.4, -0.2) is 25.9 Å². The number of ether oxygens (including phenoxy) is 2. The lowest BCUT2D eigenvalue weighted by molar-refractivity contribution is 0.0678. The normalized spacial score (nSPS) is 19.5. The van der Waals surface area contributed by atoms with Crippen molar-refractivity contribution in [1.29, 1.82) is 0 Å². The highest BCUT2D eigenvalue weighted by Gasteiger charge is 2.16. The van der Waals surface area contributed by atoms with E-state index in [1.807, 2.05) is 6.07 Å². The molecule has 0 spiro atoms. The zero-order chi connectivity index (χ0) is 12.1. The summed E-state index contributed by atoms with van der Waals surface area (Å²) in [7, 11) is 0. The predicted octanol–water partition coefficient (Wildman–Crippen LogP) is 1.88. The number of hydrogen-bond acceptors (Lipinski definition) is 3. The van der Waals surface area contributed by atoms with Crippen LogP contribution in [0.25, 0.3) is 0 Å². The summed E-state index contributed by atoms with van der Waals surface area (Å²) in [5, 5.41) is 0. The summed E-state index contributed by atoms with van der Waals surface area (Å²) in [5.74, 6) is 0.280. The molecule has 1 atom stereocenters. The van der Waals surface area contributed by atoms with Crippen LogP contribution in [-0.2, 0) is 11.2 Å². The summed E-state index contributed by atoms with van der Waals surface area (Å²) in [4.78, 5) is 0. The standard InChI is InChI=1S/C13H18FNO2/c14-11-6-10(3-4-15)7-13(8-11)17-9-12-2-1-5-16-12/h6-8,12H,1-5,9,15H2. The third-order valence-electron chi connectivity index (χ3n) is 2.82. The highest BCUT2D eigenvalue weighted by Crippen LogP contribution is 2.19. The highest BCUT2D eigenvalue weighted by atomic mass is 19.1. The molecule has 0 amide bonds. The van der Waals surface area contributed by atoms with Gasteiger partial charge in [0.2, 0.25) is 0 Å². The van der Waals surface area contributed by atoms with E-state index in [1.165, 1.54) is 12.1 Å². The van der Waals surface area contributed by atoms with Gasteiger partial charge in [-0.2, -0.15) is 0 Å². The average Bonchev–Trinajstić information content (AvgIpc) is 2.79. The van der Waals surface area contributed by atoms with E-state index in [2.05, 4.69) is 0 Å². The first kappa shape index (κ1) is 12.3. The lowest BCUT2D eigenvalue weighted by atomic mass is 10.1. The van der Waals surface area contributed by atoms with Gasteiger partial charge in [0.25, 0.3) is 0 Å². The van der Waals surface area contributed by atoms with Crippen LogP contribution in [0.3, 0.4) is 0 Å². The van der Waals surface area contributed by atoms with Crippen LogP contribution in [0.1, 0.15) is 18.4 Å². The van der Waals surface area contributed by atoms with Crippen LogP contribution >= 0.6 is 0 Å². The Morgan fingerprint density at radius 1 is 1.41 bits per heavy atom. The highest BCUT2D eigenvalue weighted by molar-refractivity contribution is 5.29. The van der Waals surface area contributed by atoms with Gasteiger partial charge in [-0.25, -0.2) is 4.39 Å². The fourth-order valence-corrected chi connectivity index (χ4v) is 1.98. The van der Waals surface area contributed by atoms with Crippen molar-refractivity contribution >= 4 is 0 Å². The van der Waals surface area contributed by atoms with Gasteiger partial charge in [0.1, 0.15) is 18.2 Å². The van der Waals surface area contributed by atoms with Crippen molar-refractivity contribution in [3.05, 3.63) is 29.6 Å². The fraction of sp³-hybridized carbons (Fsp3) is 0.538. The average molecular weight is 239 g/mol. The maximum Gasteiger partial charge on any atom is 0.127 e. The summed E-state index contributed by atoms with van der Waals surface area (Å²) in [5.41, 5.74) is 6.32. The van der Waals surface area contributed by atoms with Gasteiger partial charge in [0.05, 0.1) is 6.10 Å². The van der Waals surface area contributed by atoms with Gasteiger partial charge >= 0.3 is 0 Å². The molecule has 0 aromatic heterocycles. The smallest absolute Gasteiger partial charge is 0.127 e. The number of rotatable bonds is 5. The van der Waals surface area contributed by atoms with Gasteiger partial charge in [-0.05, 0) is 43.5 Å². The molecule has 1 heterocycles. The zero-order valence-corrected chi connectivity index (χ0v) is 9.82. The van der Waals surface area contributed by atoms with E-state index in [9.17, 15) is 4.39 Å². The number of halogens is 1. The molecule has 2 N–H and O–H groups in total. The SMILES string of the molecule is NCCc1cc(F)cc(OCC2CCCO2)c1. The predicted molar refractivity (Wildman–Crippen MR) is 63.6 cm³/mol. The van der Waals surface area contributed by atoms with Crippen LogP contribution < -0.4 is 10.5 Å². The van der Waals surface area contributed by atoms with Crippen molar-refractivity contribution in [2.75, 3.05) is 19.8 Å². The molecule has 2 rings (SSSR count). The first-order valence-corrected chi connectivity index (χ1v) is 6.02. The lowest BCUT2D eigenvalue weighted by Crippen LogP contribution is -2.16. The van der Waals surface area contributed by atoms with Crippen molar-refractivity contribution in [2.45, 2.75) is 25.4 Å². The molecule has 0 radical (unpaired) electrons. The molecule has 0 bridgehead atoms.